The third-order valence-corrected chi connectivity index (χ3v) is 2.98. The van der Waals surface area contributed by atoms with E-state index in [-0.39, 0.29) is 0 Å². The maximum Gasteiger partial charge on any atom is 0.196 e. The van der Waals surface area contributed by atoms with Gasteiger partial charge in [-0.25, -0.2) is 4.99 Å². The molecule has 92 valence electrons. The molecular formula is C12H16ClN3O. The highest BCUT2D eigenvalue weighted by Gasteiger charge is 2.12. The molecule has 1 aromatic carbocycles. The Kier molecular flexibility index (Phi) is 3.86. The predicted molar refractivity (Wildman–Crippen MR) is 69.9 cm³/mol. The van der Waals surface area contributed by atoms with Crippen molar-refractivity contribution in [2.24, 2.45) is 10.7 Å². The summed E-state index contributed by atoms with van der Waals surface area (Å²) in [6.07, 6.45) is 0. The van der Waals surface area contributed by atoms with Crippen LogP contribution >= 0.6 is 11.6 Å². The molecule has 0 radical (unpaired) electrons. The van der Waals surface area contributed by atoms with E-state index in [1.807, 2.05) is 30.0 Å². The van der Waals surface area contributed by atoms with Crippen molar-refractivity contribution in [3.05, 3.63) is 28.8 Å². The Morgan fingerprint density at radius 1 is 1.41 bits per heavy atom. The minimum atomic E-state index is 0.527. The summed E-state index contributed by atoms with van der Waals surface area (Å²) in [7, 11) is 0. The van der Waals surface area contributed by atoms with Gasteiger partial charge in [0.05, 0.1) is 18.9 Å². The summed E-state index contributed by atoms with van der Waals surface area (Å²) in [5, 5.41) is 0.670. The average molecular weight is 254 g/mol. The Morgan fingerprint density at radius 2 is 2.12 bits per heavy atom. The molecule has 17 heavy (non-hydrogen) atoms. The van der Waals surface area contributed by atoms with E-state index in [0.29, 0.717) is 24.2 Å². The van der Waals surface area contributed by atoms with E-state index in [0.717, 1.165) is 24.3 Å². The van der Waals surface area contributed by atoms with Crippen molar-refractivity contribution < 1.29 is 4.74 Å². The number of halogens is 1. The summed E-state index contributed by atoms with van der Waals surface area (Å²) in [6.45, 7) is 4.96. The Bertz CT molecular complexity index is 428. The summed E-state index contributed by atoms with van der Waals surface area (Å²) in [5.74, 6) is 0.527. The van der Waals surface area contributed by atoms with Crippen LogP contribution in [0.1, 0.15) is 5.56 Å². The van der Waals surface area contributed by atoms with Gasteiger partial charge in [0.2, 0.25) is 0 Å². The maximum atomic E-state index is 5.98. The number of nitrogens with two attached hydrogens (primary N) is 1. The highest BCUT2D eigenvalue weighted by atomic mass is 35.5. The molecule has 0 saturated carbocycles. The van der Waals surface area contributed by atoms with Gasteiger partial charge >= 0.3 is 0 Å². The lowest BCUT2D eigenvalue weighted by Gasteiger charge is -2.27. The van der Waals surface area contributed by atoms with Gasteiger partial charge in [-0.1, -0.05) is 17.7 Å². The fraction of sp³-hybridized carbons (Fsp3) is 0.417. The van der Waals surface area contributed by atoms with Crippen molar-refractivity contribution in [2.75, 3.05) is 26.3 Å². The van der Waals surface area contributed by atoms with E-state index in [4.69, 9.17) is 22.1 Å². The zero-order valence-electron chi connectivity index (χ0n) is 9.82. The fourth-order valence-corrected chi connectivity index (χ4v) is 1.86. The molecule has 0 bridgehead atoms. The van der Waals surface area contributed by atoms with Crippen molar-refractivity contribution >= 4 is 23.2 Å². The van der Waals surface area contributed by atoms with Gasteiger partial charge in [-0.15, -0.1) is 0 Å². The number of ether oxygens (including phenoxy) is 1. The van der Waals surface area contributed by atoms with Gasteiger partial charge in [-0.2, -0.15) is 0 Å². The number of morpholine rings is 1. The second kappa shape index (κ2) is 5.38. The third kappa shape index (κ3) is 3.11. The molecular weight excluding hydrogens is 238 g/mol. The zero-order valence-corrected chi connectivity index (χ0v) is 10.6. The first-order chi connectivity index (χ1) is 8.16. The van der Waals surface area contributed by atoms with E-state index >= 15 is 0 Å². The molecule has 1 aliphatic rings. The van der Waals surface area contributed by atoms with Gasteiger partial charge in [0.25, 0.3) is 0 Å². The molecule has 0 amide bonds. The molecule has 2 rings (SSSR count). The maximum absolute atomic E-state index is 5.98. The second-order valence-corrected chi connectivity index (χ2v) is 4.44. The first-order valence-electron chi connectivity index (χ1n) is 5.60. The van der Waals surface area contributed by atoms with E-state index in [2.05, 4.69) is 4.99 Å². The van der Waals surface area contributed by atoms with Crippen LogP contribution in [0.3, 0.4) is 0 Å². The van der Waals surface area contributed by atoms with Crippen molar-refractivity contribution in [1.82, 2.24) is 4.90 Å². The normalized spacial score (nSPS) is 17.3. The lowest BCUT2D eigenvalue weighted by molar-refractivity contribution is 0.0675. The molecule has 1 aliphatic heterocycles. The second-order valence-electron chi connectivity index (χ2n) is 4.00. The first-order valence-corrected chi connectivity index (χ1v) is 5.97. The first kappa shape index (κ1) is 12.2. The van der Waals surface area contributed by atoms with Gasteiger partial charge < -0.3 is 15.4 Å². The Balaban J connectivity index is 2.19. The topological polar surface area (TPSA) is 50.8 Å². The molecule has 5 heteroatoms. The number of hydrogen-bond acceptors (Lipinski definition) is 2. The molecule has 0 aliphatic carbocycles. The van der Waals surface area contributed by atoms with E-state index in [1.54, 1.807) is 0 Å². The molecule has 0 spiro atoms. The number of benzene rings is 1. The Hall–Kier alpha value is -1.26. The Morgan fingerprint density at radius 3 is 2.82 bits per heavy atom. The summed E-state index contributed by atoms with van der Waals surface area (Å²) in [4.78, 5) is 6.44. The molecule has 1 saturated heterocycles. The molecule has 1 fully saturated rings. The lowest BCUT2D eigenvalue weighted by Crippen LogP contribution is -2.44. The average Bonchev–Trinajstić information content (AvgIpc) is 2.35. The summed E-state index contributed by atoms with van der Waals surface area (Å²) in [5.41, 5.74) is 7.86. The van der Waals surface area contributed by atoms with Gasteiger partial charge in [-0.05, 0) is 24.6 Å². The van der Waals surface area contributed by atoms with Crippen molar-refractivity contribution in [3.63, 3.8) is 0 Å². The molecule has 0 atom stereocenters. The molecule has 0 unspecified atom stereocenters. The van der Waals surface area contributed by atoms with Crippen LogP contribution in [0.4, 0.5) is 5.69 Å². The largest absolute Gasteiger partial charge is 0.378 e. The van der Waals surface area contributed by atoms with Crippen molar-refractivity contribution in [2.45, 2.75) is 6.92 Å². The summed E-state index contributed by atoms with van der Waals surface area (Å²) < 4.78 is 5.27. The van der Waals surface area contributed by atoms with Gasteiger partial charge in [0, 0.05) is 18.1 Å². The highest BCUT2D eigenvalue weighted by molar-refractivity contribution is 6.30. The van der Waals surface area contributed by atoms with Gasteiger partial charge in [0.15, 0.2) is 5.96 Å². The number of nitrogens with zero attached hydrogens (tertiary/aromatic N) is 2. The predicted octanol–water partition coefficient (Wildman–Crippen LogP) is 1.93. The Labute approximate surface area is 106 Å². The number of guanidine groups is 1. The number of hydrogen-bond donors (Lipinski definition) is 1. The summed E-state index contributed by atoms with van der Waals surface area (Å²) in [6, 6.07) is 5.61. The molecule has 1 aromatic rings. The molecule has 4 nitrogen and oxygen atoms in total. The minimum Gasteiger partial charge on any atom is -0.378 e. The van der Waals surface area contributed by atoms with Crippen LogP contribution < -0.4 is 5.73 Å². The van der Waals surface area contributed by atoms with Crippen LogP contribution in [0.25, 0.3) is 0 Å². The SMILES string of the molecule is Cc1ccc(Cl)cc1N=C(N)N1CCOCC1. The fourth-order valence-electron chi connectivity index (χ4n) is 1.69. The molecule has 1 heterocycles. The van der Waals surface area contributed by atoms with Gasteiger partial charge in [0.1, 0.15) is 0 Å². The van der Waals surface area contributed by atoms with Crippen molar-refractivity contribution in [1.29, 1.82) is 0 Å². The van der Waals surface area contributed by atoms with Crippen LogP contribution in [0, 0.1) is 6.92 Å². The third-order valence-electron chi connectivity index (χ3n) is 2.74. The van der Waals surface area contributed by atoms with E-state index in [9.17, 15) is 0 Å². The van der Waals surface area contributed by atoms with Crippen LogP contribution in [-0.2, 0) is 4.74 Å². The summed E-state index contributed by atoms with van der Waals surface area (Å²) >= 11 is 5.94. The van der Waals surface area contributed by atoms with Crippen LogP contribution in [-0.4, -0.2) is 37.2 Å². The number of aliphatic imine (C=N–C) groups is 1. The number of aryl methyl sites for hydroxylation is 1. The van der Waals surface area contributed by atoms with Crippen LogP contribution in [0.2, 0.25) is 5.02 Å². The molecule has 0 aromatic heterocycles. The van der Waals surface area contributed by atoms with E-state index < -0.39 is 0 Å². The van der Waals surface area contributed by atoms with Crippen molar-refractivity contribution in [3.8, 4) is 0 Å². The highest BCUT2D eigenvalue weighted by Crippen LogP contribution is 2.23. The standard InChI is InChI=1S/C12H16ClN3O/c1-9-2-3-10(13)8-11(9)15-12(14)16-4-6-17-7-5-16/h2-3,8H,4-7H2,1H3,(H2,14,15). The minimum absolute atomic E-state index is 0.527. The monoisotopic (exact) mass is 253 g/mol. The van der Waals surface area contributed by atoms with E-state index in [1.165, 1.54) is 0 Å². The van der Waals surface area contributed by atoms with Crippen LogP contribution in [0.5, 0.6) is 0 Å². The van der Waals surface area contributed by atoms with Crippen LogP contribution in [0.15, 0.2) is 23.2 Å². The lowest BCUT2D eigenvalue weighted by atomic mass is 10.2. The van der Waals surface area contributed by atoms with Gasteiger partial charge in [-0.3, -0.25) is 0 Å². The number of rotatable bonds is 1. The molecule has 2 N–H and O–H groups in total. The zero-order chi connectivity index (χ0) is 12.3. The quantitative estimate of drug-likeness (QED) is 0.615. The smallest absolute Gasteiger partial charge is 0.196 e.